The maximum absolute atomic E-state index is 11.7. The minimum absolute atomic E-state index is 0.0913. The van der Waals surface area contributed by atoms with Gasteiger partial charge < -0.3 is 5.11 Å². The van der Waals surface area contributed by atoms with Crippen LogP contribution in [0, 0.1) is 0 Å². The minimum Gasteiger partial charge on any atom is -0.494 e. The van der Waals surface area contributed by atoms with Gasteiger partial charge in [-0.1, -0.05) is 23.2 Å². The molecular weight excluding hydrogens is 341 g/mol. The smallest absolute Gasteiger partial charge is 0.328 e. The van der Waals surface area contributed by atoms with Crippen LogP contribution in [0.4, 0.5) is 0 Å². The Morgan fingerprint density at radius 2 is 1.91 bits per heavy atom. The molecule has 3 N–H and O–H groups in total. The van der Waals surface area contributed by atoms with Gasteiger partial charge in [0.2, 0.25) is 5.88 Å². The molecule has 1 aliphatic rings. The number of halogens is 2. The predicted octanol–water partition coefficient (Wildman–Crippen LogP) is 2.48. The standard InChI is InChI=1S/C15H9Cl2N3O3/c16-7-1-3-11(17)9(5-7)12-4-2-8(18-12)6-10-13(21)19-15(23)20-14(10)22/h1-6H,(H3,19,20,21,22,23). The number of hydrogen-bond acceptors (Lipinski definition) is 4. The predicted molar refractivity (Wildman–Crippen MR) is 89.5 cm³/mol. The highest BCUT2D eigenvalue weighted by Gasteiger charge is 2.13. The summed E-state index contributed by atoms with van der Waals surface area (Å²) in [5.41, 5.74) is 0.0564. The van der Waals surface area contributed by atoms with Crippen LogP contribution in [0.1, 0.15) is 11.1 Å². The molecule has 1 aliphatic heterocycles. The minimum atomic E-state index is -0.786. The van der Waals surface area contributed by atoms with Crippen molar-refractivity contribution in [1.29, 1.82) is 0 Å². The topological polar surface area (TPSA) is 98.3 Å². The Balaban J connectivity index is 2.04. The normalized spacial score (nSPS) is 15.2. The Labute approximate surface area is 139 Å². The zero-order valence-corrected chi connectivity index (χ0v) is 12.9. The molecule has 1 aromatic carbocycles. The third-order valence-corrected chi connectivity index (χ3v) is 3.68. The molecule has 23 heavy (non-hydrogen) atoms. The molecule has 2 aromatic rings. The van der Waals surface area contributed by atoms with Crippen LogP contribution >= 0.6 is 23.2 Å². The van der Waals surface area contributed by atoms with E-state index in [-0.39, 0.29) is 5.56 Å². The molecule has 1 aromatic heterocycles. The summed E-state index contributed by atoms with van der Waals surface area (Å²) >= 11 is 12.1. The first-order valence-corrected chi connectivity index (χ1v) is 7.19. The summed E-state index contributed by atoms with van der Waals surface area (Å²) in [5.74, 6) is -0.524. The molecule has 0 atom stereocenters. The van der Waals surface area contributed by atoms with E-state index >= 15 is 0 Å². The van der Waals surface area contributed by atoms with Gasteiger partial charge in [-0.05, 0) is 36.4 Å². The Bertz CT molecular complexity index is 1000. The summed E-state index contributed by atoms with van der Waals surface area (Å²) in [6, 6.07) is 5.01. The zero-order valence-electron chi connectivity index (χ0n) is 11.4. The number of aromatic amines is 2. The largest absolute Gasteiger partial charge is 0.494 e. The molecule has 0 spiro atoms. The van der Waals surface area contributed by atoms with E-state index in [1.165, 1.54) is 6.08 Å². The van der Waals surface area contributed by atoms with E-state index in [4.69, 9.17) is 23.2 Å². The Hall–Kier alpha value is -2.57. The average Bonchev–Trinajstić information content (AvgIpc) is 2.94. The number of nitrogens with zero attached hydrogens (tertiary/aromatic N) is 1. The van der Waals surface area contributed by atoms with Gasteiger partial charge in [0.1, 0.15) is 5.56 Å². The first-order valence-electron chi connectivity index (χ1n) is 6.43. The van der Waals surface area contributed by atoms with Crippen molar-refractivity contribution in [3.05, 3.63) is 78.1 Å². The second kappa shape index (κ2) is 5.91. The first kappa shape index (κ1) is 15.3. The Kier molecular flexibility index (Phi) is 3.94. The molecule has 3 rings (SSSR count). The van der Waals surface area contributed by atoms with Crippen molar-refractivity contribution in [2.45, 2.75) is 0 Å². The van der Waals surface area contributed by atoms with E-state index < -0.39 is 17.1 Å². The summed E-state index contributed by atoms with van der Waals surface area (Å²) in [4.78, 5) is 31.2. The number of benzene rings is 1. The van der Waals surface area contributed by atoms with Gasteiger partial charge in [-0.2, -0.15) is 0 Å². The molecular formula is C15H9Cl2N3O3. The molecule has 0 radical (unpaired) electrons. The third kappa shape index (κ3) is 3.13. The number of H-pyrrole nitrogens is 2. The van der Waals surface area contributed by atoms with Crippen molar-refractivity contribution in [1.82, 2.24) is 9.97 Å². The molecule has 0 saturated heterocycles. The van der Waals surface area contributed by atoms with Crippen molar-refractivity contribution < 1.29 is 5.11 Å². The number of aromatic nitrogens is 2. The van der Waals surface area contributed by atoms with Gasteiger partial charge in [-0.25, -0.2) is 9.79 Å². The first-order chi connectivity index (χ1) is 10.9. The van der Waals surface area contributed by atoms with Gasteiger partial charge in [-0.3, -0.25) is 14.8 Å². The highest BCUT2D eigenvalue weighted by atomic mass is 35.5. The monoisotopic (exact) mass is 349 g/mol. The summed E-state index contributed by atoms with van der Waals surface area (Å²) in [7, 11) is 0. The van der Waals surface area contributed by atoms with Gasteiger partial charge in [0.05, 0.1) is 16.4 Å². The van der Waals surface area contributed by atoms with Crippen LogP contribution in [0.5, 0.6) is 5.88 Å². The number of rotatable bonds is 2. The molecule has 6 nitrogen and oxygen atoms in total. The molecule has 0 fully saturated rings. The summed E-state index contributed by atoms with van der Waals surface area (Å²) in [6.45, 7) is 0. The van der Waals surface area contributed by atoms with Crippen LogP contribution in [0.15, 0.2) is 50.6 Å². The summed E-state index contributed by atoms with van der Waals surface area (Å²) < 4.78 is 0. The van der Waals surface area contributed by atoms with Crippen LogP contribution < -0.4 is 11.2 Å². The van der Waals surface area contributed by atoms with Gasteiger partial charge in [-0.15, -0.1) is 0 Å². The maximum Gasteiger partial charge on any atom is 0.328 e. The van der Waals surface area contributed by atoms with Crippen molar-refractivity contribution in [3.8, 4) is 5.88 Å². The van der Waals surface area contributed by atoms with E-state index in [1.807, 2.05) is 4.98 Å². The lowest BCUT2D eigenvalue weighted by Gasteiger charge is -2.02. The van der Waals surface area contributed by atoms with Gasteiger partial charge >= 0.3 is 5.69 Å². The molecule has 0 saturated carbocycles. The van der Waals surface area contributed by atoms with Gasteiger partial charge in [0.15, 0.2) is 0 Å². The zero-order chi connectivity index (χ0) is 16.6. The maximum atomic E-state index is 11.7. The SMILES string of the molecule is O=c1[nH]c(O)c(C=C2C=CC(c3cc(Cl)ccc3Cl)=N2)c(=O)[nH]1. The molecule has 0 bridgehead atoms. The lowest BCUT2D eigenvalue weighted by atomic mass is 10.1. The van der Waals surface area contributed by atoms with Gasteiger partial charge in [0.25, 0.3) is 5.56 Å². The molecule has 8 heteroatoms. The number of allylic oxidation sites excluding steroid dienone is 2. The Morgan fingerprint density at radius 1 is 1.13 bits per heavy atom. The second-order valence-corrected chi connectivity index (χ2v) is 5.54. The highest BCUT2D eigenvalue weighted by Crippen LogP contribution is 2.25. The van der Waals surface area contributed by atoms with Crippen LogP contribution in [-0.4, -0.2) is 20.8 Å². The van der Waals surface area contributed by atoms with Crippen molar-refractivity contribution in [3.63, 3.8) is 0 Å². The van der Waals surface area contributed by atoms with Crippen molar-refractivity contribution >= 4 is 35.0 Å². The molecule has 2 heterocycles. The number of nitrogens with one attached hydrogen (secondary N) is 2. The highest BCUT2D eigenvalue weighted by molar-refractivity contribution is 6.37. The van der Waals surface area contributed by atoms with Crippen LogP contribution in [0.25, 0.3) is 6.08 Å². The average molecular weight is 350 g/mol. The van der Waals surface area contributed by atoms with E-state index in [0.29, 0.717) is 27.0 Å². The molecule has 116 valence electrons. The third-order valence-electron chi connectivity index (χ3n) is 3.12. The molecule has 0 aliphatic carbocycles. The summed E-state index contributed by atoms with van der Waals surface area (Å²) in [5, 5.41) is 10.7. The fraction of sp³-hybridized carbons (Fsp3) is 0. The quantitative estimate of drug-likeness (QED) is 0.776. The summed E-state index contributed by atoms with van der Waals surface area (Å²) in [6.07, 6.45) is 4.71. The van der Waals surface area contributed by atoms with Crippen molar-refractivity contribution in [2.24, 2.45) is 4.99 Å². The number of aliphatic imine (C=N–C) groups is 1. The van der Waals surface area contributed by atoms with Crippen molar-refractivity contribution in [2.75, 3.05) is 0 Å². The second-order valence-electron chi connectivity index (χ2n) is 4.69. The van der Waals surface area contributed by atoms with Crippen LogP contribution in [0.2, 0.25) is 10.0 Å². The fourth-order valence-corrected chi connectivity index (χ4v) is 2.45. The lowest BCUT2D eigenvalue weighted by Crippen LogP contribution is -2.23. The van der Waals surface area contributed by atoms with Crippen LogP contribution in [-0.2, 0) is 0 Å². The lowest BCUT2D eigenvalue weighted by molar-refractivity contribution is 0.447. The van der Waals surface area contributed by atoms with E-state index in [9.17, 15) is 14.7 Å². The van der Waals surface area contributed by atoms with E-state index in [0.717, 1.165) is 0 Å². The van der Waals surface area contributed by atoms with E-state index in [2.05, 4.69) is 9.98 Å². The Morgan fingerprint density at radius 3 is 2.65 bits per heavy atom. The number of hydrogen-bond donors (Lipinski definition) is 3. The van der Waals surface area contributed by atoms with Gasteiger partial charge in [0, 0.05) is 10.6 Å². The fourth-order valence-electron chi connectivity index (χ4n) is 2.07. The van der Waals surface area contributed by atoms with E-state index in [1.54, 1.807) is 30.4 Å². The number of aromatic hydroxyl groups is 1. The molecule has 0 amide bonds. The van der Waals surface area contributed by atoms with Crippen LogP contribution in [0.3, 0.4) is 0 Å². The molecule has 0 unspecified atom stereocenters.